The van der Waals surface area contributed by atoms with Crippen molar-refractivity contribution in [3.05, 3.63) is 42.0 Å². The van der Waals surface area contributed by atoms with Crippen molar-refractivity contribution >= 4 is 11.7 Å². The fraction of sp³-hybridized carbons (Fsp3) is 0.231. The molecule has 23 heavy (non-hydrogen) atoms. The molecule has 0 radical (unpaired) electrons. The maximum absolute atomic E-state index is 12.1. The Bertz CT molecular complexity index is 693. The van der Waals surface area contributed by atoms with Gasteiger partial charge in [-0.3, -0.25) is 4.79 Å². The van der Waals surface area contributed by atoms with Gasteiger partial charge < -0.3 is 15.8 Å². The molecule has 0 aliphatic carbocycles. The molecule has 0 unspecified atom stereocenters. The van der Waals surface area contributed by atoms with Crippen LogP contribution < -0.4 is 15.8 Å². The minimum absolute atomic E-state index is 0.0195. The highest BCUT2D eigenvalue weighted by Crippen LogP contribution is 2.17. The second-order valence-electron chi connectivity index (χ2n) is 4.38. The molecule has 7 nitrogen and oxygen atoms in total. The molecule has 10 heteroatoms. The molecule has 2 aromatic rings. The summed E-state index contributed by atoms with van der Waals surface area (Å²) in [7, 11) is 0. The maximum atomic E-state index is 12.1. The number of nitrogens with zero attached hydrogens (tertiary/aromatic N) is 3. The van der Waals surface area contributed by atoms with Gasteiger partial charge in [-0.25, -0.2) is 15.0 Å². The van der Waals surface area contributed by atoms with Gasteiger partial charge in [0.2, 0.25) is 5.88 Å². The molecular formula is C13H12F3N5O2. The van der Waals surface area contributed by atoms with Gasteiger partial charge in [0.05, 0.1) is 0 Å². The molecule has 122 valence electrons. The molecule has 2 rings (SSSR count). The van der Waals surface area contributed by atoms with Crippen molar-refractivity contribution in [2.75, 3.05) is 12.3 Å². The monoisotopic (exact) mass is 327 g/mol. The largest absolute Gasteiger partial charge is 0.468 e. The number of nitrogens with one attached hydrogen (secondary N) is 1. The van der Waals surface area contributed by atoms with E-state index in [1.165, 1.54) is 30.7 Å². The van der Waals surface area contributed by atoms with Crippen molar-refractivity contribution in [3.63, 3.8) is 0 Å². The smallest absolute Gasteiger partial charge is 0.422 e. The third kappa shape index (κ3) is 5.09. The van der Waals surface area contributed by atoms with Crippen LogP contribution >= 0.6 is 0 Å². The summed E-state index contributed by atoms with van der Waals surface area (Å²) in [4.78, 5) is 23.1. The highest BCUT2D eigenvalue weighted by molar-refractivity contribution is 5.96. The van der Waals surface area contributed by atoms with Crippen LogP contribution in [0.1, 0.15) is 16.1 Å². The average molecular weight is 327 g/mol. The summed E-state index contributed by atoms with van der Waals surface area (Å²) in [6.07, 6.45) is -0.501. The Morgan fingerprint density at radius 3 is 2.65 bits per heavy atom. The second kappa shape index (κ2) is 6.90. The lowest BCUT2D eigenvalue weighted by Crippen LogP contribution is -2.25. The number of nitrogen functional groups attached to an aromatic ring is 1. The number of hydrogen-bond donors (Lipinski definition) is 2. The summed E-state index contributed by atoms with van der Waals surface area (Å²) >= 11 is 0. The van der Waals surface area contributed by atoms with Gasteiger partial charge in [-0.15, -0.1) is 0 Å². The van der Waals surface area contributed by atoms with E-state index in [2.05, 4.69) is 25.0 Å². The van der Waals surface area contributed by atoms with Gasteiger partial charge in [-0.2, -0.15) is 13.2 Å². The van der Waals surface area contributed by atoms with E-state index in [4.69, 9.17) is 5.73 Å². The Balaban J connectivity index is 1.96. The van der Waals surface area contributed by atoms with E-state index in [0.29, 0.717) is 5.56 Å². The first-order chi connectivity index (χ1) is 10.8. The SMILES string of the molecule is Nc1nccnc1C(=O)NCc1ccnc(OCC(F)(F)F)c1. The minimum Gasteiger partial charge on any atom is -0.468 e. The van der Waals surface area contributed by atoms with Crippen LogP contribution in [0.25, 0.3) is 0 Å². The Hall–Kier alpha value is -2.91. The van der Waals surface area contributed by atoms with E-state index >= 15 is 0 Å². The number of anilines is 1. The molecule has 0 bridgehead atoms. The first-order valence-electron chi connectivity index (χ1n) is 6.34. The van der Waals surface area contributed by atoms with E-state index in [1.807, 2.05) is 0 Å². The first kappa shape index (κ1) is 16.5. The van der Waals surface area contributed by atoms with Crippen molar-refractivity contribution in [2.24, 2.45) is 0 Å². The van der Waals surface area contributed by atoms with Crippen LogP contribution in [-0.2, 0) is 6.54 Å². The molecular weight excluding hydrogens is 315 g/mol. The van der Waals surface area contributed by atoms with Gasteiger partial charge in [0, 0.05) is 31.2 Å². The fourth-order valence-electron chi connectivity index (χ4n) is 1.58. The zero-order valence-corrected chi connectivity index (χ0v) is 11.7. The van der Waals surface area contributed by atoms with Gasteiger partial charge in [0.25, 0.3) is 5.91 Å². The standard InChI is InChI=1S/C13H12F3N5O2/c14-13(15,16)7-23-9-5-8(1-2-18-9)6-21-12(22)10-11(17)20-4-3-19-10/h1-5H,6-7H2,(H2,17,20)(H,21,22). The lowest BCUT2D eigenvalue weighted by molar-refractivity contribution is -0.154. The van der Waals surface area contributed by atoms with E-state index in [9.17, 15) is 18.0 Å². The second-order valence-corrected chi connectivity index (χ2v) is 4.38. The molecule has 0 atom stereocenters. The van der Waals surface area contributed by atoms with E-state index in [1.54, 1.807) is 0 Å². The molecule has 0 aliphatic heterocycles. The van der Waals surface area contributed by atoms with Crippen LogP contribution in [0.15, 0.2) is 30.7 Å². The normalized spacial score (nSPS) is 11.1. The summed E-state index contributed by atoms with van der Waals surface area (Å²) in [5.41, 5.74) is 6.00. The highest BCUT2D eigenvalue weighted by atomic mass is 19.4. The number of halogens is 3. The number of carbonyl (C=O) groups excluding carboxylic acids is 1. The molecule has 0 fully saturated rings. The molecule has 0 saturated heterocycles. The molecule has 3 N–H and O–H groups in total. The van der Waals surface area contributed by atoms with E-state index < -0.39 is 18.7 Å². The lowest BCUT2D eigenvalue weighted by atomic mass is 10.2. The van der Waals surface area contributed by atoms with Crippen molar-refractivity contribution in [2.45, 2.75) is 12.7 Å². The topological polar surface area (TPSA) is 103 Å². The van der Waals surface area contributed by atoms with Gasteiger partial charge in [0.1, 0.15) is 0 Å². The zero-order valence-electron chi connectivity index (χ0n) is 11.7. The number of ether oxygens (including phenoxy) is 1. The number of rotatable bonds is 5. The molecule has 1 amide bonds. The molecule has 0 aliphatic rings. The van der Waals surface area contributed by atoms with Crippen LogP contribution in [-0.4, -0.2) is 33.6 Å². The van der Waals surface area contributed by atoms with Crippen molar-refractivity contribution in [1.82, 2.24) is 20.3 Å². The third-order valence-corrected chi connectivity index (χ3v) is 2.58. The quantitative estimate of drug-likeness (QED) is 0.859. The Morgan fingerprint density at radius 2 is 1.96 bits per heavy atom. The number of pyridine rings is 1. The summed E-state index contributed by atoms with van der Waals surface area (Å²) in [6.45, 7) is -1.40. The van der Waals surface area contributed by atoms with Gasteiger partial charge >= 0.3 is 6.18 Å². The average Bonchev–Trinajstić information content (AvgIpc) is 2.51. The van der Waals surface area contributed by atoms with Crippen LogP contribution in [0.2, 0.25) is 0 Å². The van der Waals surface area contributed by atoms with E-state index in [0.717, 1.165) is 0 Å². The zero-order chi connectivity index (χ0) is 16.9. The van der Waals surface area contributed by atoms with Crippen LogP contribution in [0, 0.1) is 0 Å². The van der Waals surface area contributed by atoms with Crippen LogP contribution in [0.5, 0.6) is 5.88 Å². The molecule has 0 saturated carbocycles. The third-order valence-electron chi connectivity index (χ3n) is 2.58. The predicted molar refractivity (Wildman–Crippen MR) is 73.4 cm³/mol. The van der Waals surface area contributed by atoms with Crippen molar-refractivity contribution in [1.29, 1.82) is 0 Å². The molecule has 2 aromatic heterocycles. The van der Waals surface area contributed by atoms with Crippen molar-refractivity contribution in [3.8, 4) is 5.88 Å². The number of nitrogens with two attached hydrogens (primary N) is 1. The maximum Gasteiger partial charge on any atom is 0.422 e. The van der Waals surface area contributed by atoms with Crippen LogP contribution in [0.3, 0.4) is 0 Å². The number of aromatic nitrogens is 3. The number of hydrogen-bond acceptors (Lipinski definition) is 6. The minimum atomic E-state index is -4.45. The Labute approximate surface area is 128 Å². The number of amides is 1. The first-order valence-corrected chi connectivity index (χ1v) is 6.34. The summed E-state index contributed by atoms with van der Waals surface area (Å²) in [6, 6.07) is 2.83. The van der Waals surface area contributed by atoms with Crippen molar-refractivity contribution < 1.29 is 22.7 Å². The van der Waals surface area contributed by atoms with Gasteiger partial charge in [0.15, 0.2) is 18.1 Å². The van der Waals surface area contributed by atoms with E-state index in [-0.39, 0.29) is 23.9 Å². The predicted octanol–water partition coefficient (Wildman–Crippen LogP) is 1.32. The van der Waals surface area contributed by atoms with Crippen LogP contribution in [0.4, 0.5) is 19.0 Å². The number of alkyl halides is 3. The Morgan fingerprint density at radius 1 is 1.22 bits per heavy atom. The summed E-state index contributed by atoms with van der Waals surface area (Å²) in [5.74, 6) is -0.757. The fourth-order valence-corrected chi connectivity index (χ4v) is 1.58. The molecule has 2 heterocycles. The molecule has 0 spiro atoms. The summed E-state index contributed by atoms with van der Waals surface area (Å²) in [5, 5.41) is 2.53. The van der Waals surface area contributed by atoms with Gasteiger partial charge in [-0.05, 0) is 11.6 Å². The van der Waals surface area contributed by atoms with Gasteiger partial charge in [-0.1, -0.05) is 0 Å². The number of carbonyl (C=O) groups is 1. The Kier molecular flexibility index (Phi) is 4.94. The summed E-state index contributed by atoms with van der Waals surface area (Å²) < 4.78 is 40.8. The lowest BCUT2D eigenvalue weighted by Gasteiger charge is -2.10. The highest BCUT2D eigenvalue weighted by Gasteiger charge is 2.28. The molecule has 0 aromatic carbocycles.